The highest BCUT2D eigenvalue weighted by molar-refractivity contribution is 6.30. The van der Waals surface area contributed by atoms with E-state index in [2.05, 4.69) is 0 Å². The van der Waals surface area contributed by atoms with E-state index in [-0.39, 0.29) is 38.4 Å². The molecule has 2 fully saturated rings. The van der Waals surface area contributed by atoms with Crippen LogP contribution in [0.2, 0.25) is 5.02 Å². The molecule has 1 unspecified atom stereocenters. The molecule has 32 heavy (non-hydrogen) atoms. The largest absolute Gasteiger partial charge is 0.447 e. The molecular weight excluding hydrogens is 437 g/mol. The summed E-state index contributed by atoms with van der Waals surface area (Å²) in [4.78, 5) is 41.2. The van der Waals surface area contributed by atoms with Crippen molar-refractivity contribution in [3.05, 3.63) is 70.5 Å². The van der Waals surface area contributed by atoms with Gasteiger partial charge in [-0.15, -0.1) is 0 Å². The standard InChI is InChI=1S/C23H23ClFN3O4/c24-17-6-1-15(2-7-17)5-10-19(29)27-11-12-28-22(31)32-14-23(28,20(27)21(26)30)13-16-3-8-18(25)9-4-16/h1-4,6-9,20H,5,10-14H2,(H2,26,30)/t20?,23-/m0/s1. The van der Waals surface area contributed by atoms with Crippen LogP contribution in [0.4, 0.5) is 9.18 Å². The molecule has 0 saturated carbocycles. The van der Waals surface area contributed by atoms with Gasteiger partial charge >= 0.3 is 6.09 Å². The molecule has 2 atom stereocenters. The number of fused-ring (bicyclic) bond motifs is 1. The Kier molecular flexibility index (Phi) is 6.06. The van der Waals surface area contributed by atoms with Gasteiger partial charge in [0.1, 0.15) is 24.0 Å². The SMILES string of the molecule is NC(=O)C1N(C(=O)CCc2ccc(Cl)cc2)CCN2C(=O)OC[C@@]12Cc1ccc(F)cc1. The fraction of sp³-hybridized carbons (Fsp3) is 0.348. The van der Waals surface area contributed by atoms with E-state index in [1.165, 1.54) is 21.9 Å². The van der Waals surface area contributed by atoms with Crippen LogP contribution in [-0.2, 0) is 27.2 Å². The fourth-order valence-electron chi connectivity index (χ4n) is 4.62. The molecule has 2 aliphatic rings. The molecule has 2 N–H and O–H groups in total. The number of halogens is 2. The number of amides is 3. The molecule has 3 amide bonds. The summed E-state index contributed by atoms with van der Waals surface area (Å²) in [6.07, 6.45) is 0.300. The number of piperazine rings is 1. The summed E-state index contributed by atoms with van der Waals surface area (Å²) in [6, 6.07) is 11.9. The Bertz CT molecular complexity index is 1030. The number of primary amides is 1. The molecule has 2 saturated heterocycles. The lowest BCUT2D eigenvalue weighted by molar-refractivity contribution is -0.148. The van der Waals surface area contributed by atoms with E-state index in [4.69, 9.17) is 22.1 Å². The number of carbonyl (C=O) groups excluding carboxylic acids is 3. The maximum Gasteiger partial charge on any atom is 0.410 e. The highest BCUT2D eigenvalue weighted by atomic mass is 35.5. The van der Waals surface area contributed by atoms with Crippen molar-refractivity contribution in [1.29, 1.82) is 0 Å². The molecule has 2 aliphatic heterocycles. The Balaban J connectivity index is 1.60. The third-order valence-electron chi connectivity index (χ3n) is 6.14. The zero-order valence-electron chi connectivity index (χ0n) is 17.3. The maximum absolute atomic E-state index is 13.4. The van der Waals surface area contributed by atoms with E-state index in [1.807, 2.05) is 12.1 Å². The highest BCUT2D eigenvalue weighted by Gasteiger charge is 2.59. The lowest BCUT2D eigenvalue weighted by Gasteiger charge is -2.49. The molecule has 0 aromatic heterocycles. The topological polar surface area (TPSA) is 92.9 Å². The van der Waals surface area contributed by atoms with Crippen molar-refractivity contribution in [2.75, 3.05) is 19.7 Å². The van der Waals surface area contributed by atoms with Crippen LogP contribution in [0.3, 0.4) is 0 Å². The van der Waals surface area contributed by atoms with Crippen molar-refractivity contribution in [3.8, 4) is 0 Å². The third-order valence-corrected chi connectivity index (χ3v) is 6.39. The Morgan fingerprint density at radius 2 is 1.75 bits per heavy atom. The van der Waals surface area contributed by atoms with Crippen LogP contribution in [0.1, 0.15) is 17.5 Å². The van der Waals surface area contributed by atoms with E-state index >= 15 is 0 Å². The second-order valence-corrected chi connectivity index (χ2v) is 8.57. The average molecular weight is 460 g/mol. The molecule has 0 bridgehead atoms. The van der Waals surface area contributed by atoms with Gasteiger partial charge in [-0.2, -0.15) is 0 Å². The Morgan fingerprint density at radius 3 is 2.41 bits per heavy atom. The molecule has 0 spiro atoms. The van der Waals surface area contributed by atoms with Crippen LogP contribution in [-0.4, -0.2) is 59.0 Å². The molecule has 2 aromatic carbocycles. The summed E-state index contributed by atoms with van der Waals surface area (Å²) < 4.78 is 18.7. The minimum atomic E-state index is -1.14. The van der Waals surface area contributed by atoms with Gasteiger partial charge < -0.3 is 15.4 Å². The second-order valence-electron chi connectivity index (χ2n) is 8.13. The quantitative estimate of drug-likeness (QED) is 0.718. The monoisotopic (exact) mass is 459 g/mol. The minimum absolute atomic E-state index is 0.0855. The number of aryl methyl sites for hydroxylation is 1. The molecule has 4 rings (SSSR count). The molecule has 9 heteroatoms. The van der Waals surface area contributed by atoms with Crippen LogP contribution in [0.15, 0.2) is 48.5 Å². The van der Waals surface area contributed by atoms with Crippen molar-refractivity contribution >= 4 is 29.5 Å². The van der Waals surface area contributed by atoms with Gasteiger partial charge in [0.2, 0.25) is 11.8 Å². The Labute approximate surface area is 189 Å². The number of carbonyl (C=O) groups is 3. The highest BCUT2D eigenvalue weighted by Crippen LogP contribution is 2.37. The molecular formula is C23H23ClFN3O4. The van der Waals surface area contributed by atoms with E-state index in [1.54, 1.807) is 24.3 Å². The van der Waals surface area contributed by atoms with E-state index in [0.29, 0.717) is 17.0 Å². The summed E-state index contributed by atoms with van der Waals surface area (Å²) >= 11 is 5.91. The first-order chi connectivity index (χ1) is 15.3. The molecule has 2 aromatic rings. The summed E-state index contributed by atoms with van der Waals surface area (Å²) in [5.41, 5.74) is 6.29. The van der Waals surface area contributed by atoms with Crippen LogP contribution < -0.4 is 5.73 Å². The molecule has 168 valence electrons. The van der Waals surface area contributed by atoms with Crippen molar-refractivity contribution in [1.82, 2.24) is 9.80 Å². The van der Waals surface area contributed by atoms with Crippen molar-refractivity contribution in [3.63, 3.8) is 0 Å². The Morgan fingerprint density at radius 1 is 1.09 bits per heavy atom. The van der Waals surface area contributed by atoms with Gasteiger partial charge in [0, 0.05) is 31.0 Å². The molecule has 0 aliphatic carbocycles. The first-order valence-electron chi connectivity index (χ1n) is 10.3. The number of nitrogens with two attached hydrogens (primary N) is 1. The summed E-state index contributed by atoms with van der Waals surface area (Å²) in [6.45, 7) is 0.307. The van der Waals surface area contributed by atoms with Crippen LogP contribution in [0.5, 0.6) is 0 Å². The number of hydrogen-bond donors (Lipinski definition) is 1. The minimum Gasteiger partial charge on any atom is -0.447 e. The van der Waals surface area contributed by atoms with Crippen molar-refractivity contribution in [2.24, 2.45) is 5.73 Å². The second kappa shape index (κ2) is 8.78. The zero-order chi connectivity index (χ0) is 22.9. The average Bonchev–Trinajstić information content (AvgIpc) is 3.10. The lowest BCUT2D eigenvalue weighted by atomic mass is 9.80. The number of ether oxygens (including phenoxy) is 1. The first-order valence-corrected chi connectivity index (χ1v) is 10.7. The van der Waals surface area contributed by atoms with Gasteiger partial charge in [-0.3, -0.25) is 14.5 Å². The predicted octanol–water partition coefficient (Wildman–Crippen LogP) is 2.54. The van der Waals surface area contributed by atoms with Crippen LogP contribution >= 0.6 is 11.6 Å². The smallest absolute Gasteiger partial charge is 0.410 e. The van der Waals surface area contributed by atoms with Crippen molar-refractivity contribution in [2.45, 2.75) is 30.8 Å². The predicted molar refractivity (Wildman–Crippen MR) is 115 cm³/mol. The number of cyclic esters (lactones) is 1. The van der Waals surface area contributed by atoms with Gasteiger partial charge in [0.15, 0.2) is 0 Å². The van der Waals surface area contributed by atoms with Crippen molar-refractivity contribution < 1.29 is 23.5 Å². The molecule has 2 heterocycles. The van der Waals surface area contributed by atoms with Gasteiger partial charge in [-0.05, 0) is 41.8 Å². The summed E-state index contributed by atoms with van der Waals surface area (Å²) in [7, 11) is 0. The summed E-state index contributed by atoms with van der Waals surface area (Å²) in [5.74, 6) is -1.34. The molecule has 0 radical (unpaired) electrons. The normalized spacial score (nSPS) is 22.4. The van der Waals surface area contributed by atoms with E-state index in [9.17, 15) is 18.8 Å². The fourth-order valence-corrected chi connectivity index (χ4v) is 4.75. The first kappa shape index (κ1) is 22.1. The number of hydrogen-bond acceptors (Lipinski definition) is 4. The molecule has 7 nitrogen and oxygen atoms in total. The number of benzene rings is 2. The number of rotatable bonds is 6. The van der Waals surface area contributed by atoms with Gasteiger partial charge in [-0.25, -0.2) is 9.18 Å². The van der Waals surface area contributed by atoms with Gasteiger partial charge in [-0.1, -0.05) is 35.9 Å². The van der Waals surface area contributed by atoms with Gasteiger partial charge in [0.05, 0.1) is 0 Å². The van der Waals surface area contributed by atoms with Gasteiger partial charge in [0.25, 0.3) is 0 Å². The van der Waals surface area contributed by atoms with Crippen LogP contribution in [0, 0.1) is 5.82 Å². The van der Waals surface area contributed by atoms with Crippen LogP contribution in [0.25, 0.3) is 0 Å². The Hall–Kier alpha value is -3.13. The lowest BCUT2D eigenvalue weighted by Crippen LogP contribution is -2.72. The van der Waals surface area contributed by atoms with E-state index < -0.39 is 29.4 Å². The summed E-state index contributed by atoms with van der Waals surface area (Å²) in [5, 5.41) is 0.610. The zero-order valence-corrected chi connectivity index (χ0v) is 18.1. The van der Waals surface area contributed by atoms with E-state index in [0.717, 1.165) is 5.56 Å². The number of nitrogens with zero attached hydrogens (tertiary/aromatic N) is 2. The third kappa shape index (κ3) is 4.14. The maximum atomic E-state index is 13.4.